The summed E-state index contributed by atoms with van der Waals surface area (Å²) in [6.07, 6.45) is 0. The van der Waals surface area contributed by atoms with Crippen LogP contribution in [0, 0.1) is 0 Å². The van der Waals surface area contributed by atoms with Crippen LogP contribution >= 0.6 is 0 Å². The number of rotatable bonds is 2. The van der Waals surface area contributed by atoms with E-state index in [9.17, 15) is 9.59 Å². The van der Waals surface area contributed by atoms with E-state index < -0.39 is 11.9 Å². The van der Waals surface area contributed by atoms with Gasteiger partial charge in [0.1, 0.15) is 0 Å². The first-order valence-electron chi connectivity index (χ1n) is 3.18. The molecule has 13 heavy (non-hydrogen) atoms. The molecule has 1 rings (SSSR count). The summed E-state index contributed by atoms with van der Waals surface area (Å²) in [5.74, 6) is -2.25. The zero-order valence-electron chi connectivity index (χ0n) is 6.35. The number of aromatic carboxylic acids is 2. The van der Waals surface area contributed by atoms with Gasteiger partial charge in [0.15, 0.2) is 0 Å². The van der Waals surface area contributed by atoms with Crippen LogP contribution in [0.5, 0.6) is 0 Å². The first-order valence-corrected chi connectivity index (χ1v) is 3.18. The van der Waals surface area contributed by atoms with Gasteiger partial charge in [0.25, 0.3) is 0 Å². The average Bonchev–Trinajstić information content (AvgIpc) is 2.04. The minimum atomic E-state index is -1.13. The molecule has 0 aromatic heterocycles. The number of benzene rings is 1. The van der Waals surface area contributed by atoms with E-state index >= 15 is 0 Å². The molecule has 0 unspecified atom stereocenters. The Balaban J connectivity index is 0.00000144. The van der Waals surface area contributed by atoms with Crippen LogP contribution in [0.15, 0.2) is 24.3 Å². The molecule has 0 saturated heterocycles. The summed E-state index contributed by atoms with van der Waals surface area (Å²) in [6.45, 7) is 0. The van der Waals surface area contributed by atoms with Crippen molar-refractivity contribution >= 4 is 11.9 Å². The van der Waals surface area contributed by atoms with Gasteiger partial charge >= 0.3 is 11.9 Å². The Morgan fingerprint density at radius 2 is 1.38 bits per heavy atom. The summed E-state index contributed by atoms with van der Waals surface area (Å²) in [5.41, 5.74) is -0.0372. The van der Waals surface area contributed by atoms with Crippen LogP contribution in [0.2, 0.25) is 0 Å². The smallest absolute Gasteiger partial charge is 0.335 e. The standard InChI is InChI=1S/C8H6O4.Rh/c9-7(10)5-2-1-3-6(4-5)8(11)12;/h1-4H,(H,9,10)(H,11,12);. The maximum Gasteiger partial charge on any atom is 0.335 e. The van der Waals surface area contributed by atoms with Gasteiger partial charge in [-0.1, -0.05) is 6.07 Å². The Labute approximate surface area is 87.0 Å². The molecule has 0 aliphatic heterocycles. The Hall–Kier alpha value is -1.22. The maximum atomic E-state index is 10.4. The fourth-order valence-corrected chi connectivity index (χ4v) is 0.785. The van der Waals surface area contributed by atoms with Crippen LogP contribution < -0.4 is 0 Å². The second kappa shape index (κ2) is 4.72. The zero-order chi connectivity index (χ0) is 9.14. The Morgan fingerprint density at radius 1 is 1.00 bits per heavy atom. The van der Waals surface area contributed by atoms with E-state index in [1.807, 2.05) is 0 Å². The first kappa shape index (κ1) is 11.8. The number of carboxylic acids is 2. The Morgan fingerprint density at radius 3 is 1.69 bits per heavy atom. The van der Waals surface area contributed by atoms with Crippen molar-refractivity contribution in [3.05, 3.63) is 35.4 Å². The van der Waals surface area contributed by atoms with E-state index in [0.717, 1.165) is 6.07 Å². The fraction of sp³-hybridized carbons (Fsp3) is 0. The molecular weight excluding hydrogens is 263 g/mol. The predicted octanol–water partition coefficient (Wildman–Crippen LogP) is 1.08. The second-order valence-corrected chi connectivity index (χ2v) is 2.19. The molecule has 0 fully saturated rings. The first-order chi connectivity index (χ1) is 5.61. The summed E-state index contributed by atoms with van der Waals surface area (Å²) in [7, 11) is 0. The molecule has 1 aromatic rings. The van der Waals surface area contributed by atoms with Gasteiger partial charge < -0.3 is 10.2 Å². The van der Waals surface area contributed by atoms with Crippen LogP contribution in [0.1, 0.15) is 20.7 Å². The van der Waals surface area contributed by atoms with Crippen molar-refractivity contribution in [2.24, 2.45) is 0 Å². The number of carboxylic acid groups (broad SMARTS) is 2. The van der Waals surface area contributed by atoms with Gasteiger partial charge in [0, 0.05) is 19.5 Å². The van der Waals surface area contributed by atoms with Gasteiger partial charge in [0.05, 0.1) is 11.1 Å². The zero-order valence-corrected chi connectivity index (χ0v) is 7.99. The minimum Gasteiger partial charge on any atom is -0.478 e. The van der Waals surface area contributed by atoms with Crippen LogP contribution in [-0.2, 0) is 19.5 Å². The monoisotopic (exact) mass is 269 g/mol. The van der Waals surface area contributed by atoms with E-state index in [2.05, 4.69) is 0 Å². The van der Waals surface area contributed by atoms with Gasteiger partial charge in [-0.3, -0.25) is 0 Å². The summed E-state index contributed by atoms with van der Waals surface area (Å²) in [5, 5.41) is 17.0. The third-order valence-corrected chi connectivity index (χ3v) is 1.36. The van der Waals surface area contributed by atoms with Crippen molar-refractivity contribution in [1.29, 1.82) is 0 Å². The minimum absolute atomic E-state index is 0. The van der Waals surface area contributed by atoms with Gasteiger partial charge in [-0.2, -0.15) is 0 Å². The molecule has 0 amide bonds. The van der Waals surface area contributed by atoms with Crippen LogP contribution in [-0.4, -0.2) is 22.2 Å². The fourth-order valence-electron chi connectivity index (χ4n) is 0.785. The molecule has 2 N–H and O–H groups in total. The van der Waals surface area contributed by atoms with Crippen molar-refractivity contribution in [3.63, 3.8) is 0 Å². The molecule has 1 radical (unpaired) electrons. The third kappa shape index (κ3) is 2.95. The number of carbonyl (C=O) groups is 2. The molecule has 71 valence electrons. The number of hydrogen-bond donors (Lipinski definition) is 2. The SMILES string of the molecule is O=C(O)c1cccc(C(=O)O)c1.[Rh]. The van der Waals surface area contributed by atoms with E-state index in [1.165, 1.54) is 18.2 Å². The molecule has 0 aliphatic carbocycles. The van der Waals surface area contributed by atoms with Crippen LogP contribution in [0.25, 0.3) is 0 Å². The molecule has 4 nitrogen and oxygen atoms in total. The summed E-state index contributed by atoms with van der Waals surface area (Å²) in [4.78, 5) is 20.8. The van der Waals surface area contributed by atoms with E-state index in [1.54, 1.807) is 0 Å². The third-order valence-electron chi connectivity index (χ3n) is 1.36. The summed E-state index contributed by atoms with van der Waals surface area (Å²) in [6, 6.07) is 5.20. The van der Waals surface area contributed by atoms with Crippen molar-refractivity contribution in [2.45, 2.75) is 0 Å². The van der Waals surface area contributed by atoms with Gasteiger partial charge in [-0.25, -0.2) is 9.59 Å². The quantitative estimate of drug-likeness (QED) is 0.788. The number of hydrogen-bond acceptors (Lipinski definition) is 2. The van der Waals surface area contributed by atoms with Gasteiger partial charge in [0.2, 0.25) is 0 Å². The largest absolute Gasteiger partial charge is 0.478 e. The Bertz CT molecular complexity index is 305. The second-order valence-electron chi connectivity index (χ2n) is 2.19. The topological polar surface area (TPSA) is 74.6 Å². The molecular formula is C8H6O4Rh. The van der Waals surface area contributed by atoms with Crippen molar-refractivity contribution in [1.82, 2.24) is 0 Å². The normalized spacial score (nSPS) is 8.62. The maximum absolute atomic E-state index is 10.4. The van der Waals surface area contributed by atoms with E-state index in [0.29, 0.717) is 0 Å². The molecule has 0 saturated carbocycles. The molecule has 5 heteroatoms. The molecule has 0 spiro atoms. The molecule has 0 aliphatic rings. The van der Waals surface area contributed by atoms with Gasteiger partial charge in [-0.15, -0.1) is 0 Å². The van der Waals surface area contributed by atoms with Crippen molar-refractivity contribution in [2.75, 3.05) is 0 Å². The molecule has 0 bridgehead atoms. The van der Waals surface area contributed by atoms with Crippen molar-refractivity contribution < 1.29 is 39.3 Å². The summed E-state index contributed by atoms with van der Waals surface area (Å²) >= 11 is 0. The van der Waals surface area contributed by atoms with Crippen LogP contribution in [0.4, 0.5) is 0 Å². The van der Waals surface area contributed by atoms with Crippen molar-refractivity contribution in [3.8, 4) is 0 Å². The molecule has 0 atom stereocenters. The summed E-state index contributed by atoms with van der Waals surface area (Å²) < 4.78 is 0. The van der Waals surface area contributed by atoms with Crippen LogP contribution in [0.3, 0.4) is 0 Å². The van der Waals surface area contributed by atoms with E-state index in [4.69, 9.17) is 10.2 Å². The predicted molar refractivity (Wildman–Crippen MR) is 40.4 cm³/mol. The van der Waals surface area contributed by atoms with Gasteiger partial charge in [-0.05, 0) is 18.2 Å². The molecule has 1 aromatic carbocycles. The average molecular weight is 269 g/mol. The Kier molecular flexibility index (Phi) is 4.28. The van der Waals surface area contributed by atoms with E-state index in [-0.39, 0.29) is 30.6 Å². The molecule has 0 heterocycles.